The number of aryl methyl sites for hydroxylation is 1. The first kappa shape index (κ1) is 16.3. The van der Waals surface area contributed by atoms with Gasteiger partial charge in [0.15, 0.2) is 5.75 Å². The highest BCUT2D eigenvalue weighted by atomic mass is 16.5. The number of ether oxygens (including phenoxy) is 1. The van der Waals surface area contributed by atoms with Gasteiger partial charge in [0, 0.05) is 6.54 Å². The predicted molar refractivity (Wildman–Crippen MR) is 86.7 cm³/mol. The van der Waals surface area contributed by atoms with E-state index in [1.54, 1.807) is 7.11 Å². The van der Waals surface area contributed by atoms with Crippen molar-refractivity contribution in [1.82, 2.24) is 15.1 Å². The predicted octanol–water partition coefficient (Wildman–Crippen LogP) is 3.92. The normalized spacial score (nSPS) is 17.3. The Kier molecular flexibility index (Phi) is 6.55. The van der Waals surface area contributed by atoms with E-state index in [1.807, 2.05) is 6.20 Å². The average Bonchev–Trinajstić information content (AvgIpc) is 3.13. The van der Waals surface area contributed by atoms with E-state index in [0.29, 0.717) is 6.04 Å². The number of hydrogen-bond donors (Lipinski definition) is 1. The molecule has 1 saturated carbocycles. The summed E-state index contributed by atoms with van der Waals surface area (Å²) in [6.07, 6.45) is 10.9. The molecule has 2 rings (SSSR count). The van der Waals surface area contributed by atoms with Crippen molar-refractivity contribution in [3.63, 3.8) is 0 Å². The van der Waals surface area contributed by atoms with Gasteiger partial charge in [-0.25, -0.2) is 0 Å². The number of aromatic nitrogens is 2. The van der Waals surface area contributed by atoms with Crippen LogP contribution in [-0.4, -0.2) is 23.4 Å². The van der Waals surface area contributed by atoms with Crippen LogP contribution in [-0.2, 0) is 6.54 Å². The Bertz CT molecular complexity index is 410. The van der Waals surface area contributed by atoms with Crippen LogP contribution >= 0.6 is 0 Å². The molecule has 0 spiro atoms. The van der Waals surface area contributed by atoms with Crippen LogP contribution in [0.15, 0.2) is 6.20 Å². The Balaban J connectivity index is 2.18. The van der Waals surface area contributed by atoms with E-state index in [-0.39, 0.29) is 0 Å². The van der Waals surface area contributed by atoms with Gasteiger partial charge in [0.05, 0.1) is 25.0 Å². The summed E-state index contributed by atoms with van der Waals surface area (Å²) in [5, 5.41) is 8.26. The maximum absolute atomic E-state index is 5.57. The third-order valence-electron chi connectivity index (χ3n) is 4.51. The number of hydrogen-bond acceptors (Lipinski definition) is 3. The molecule has 1 aliphatic carbocycles. The molecule has 1 heterocycles. The number of rotatable bonds is 9. The topological polar surface area (TPSA) is 39.1 Å². The van der Waals surface area contributed by atoms with E-state index in [2.05, 4.69) is 28.9 Å². The Morgan fingerprint density at radius 1 is 1.33 bits per heavy atom. The minimum absolute atomic E-state index is 0.372. The van der Waals surface area contributed by atoms with Gasteiger partial charge in [0.1, 0.15) is 0 Å². The summed E-state index contributed by atoms with van der Waals surface area (Å²) in [5.41, 5.74) is 1.25. The number of nitrogens with zero attached hydrogens (tertiary/aromatic N) is 2. The van der Waals surface area contributed by atoms with E-state index < -0.39 is 0 Å². The molecule has 0 bridgehead atoms. The molecule has 0 aromatic carbocycles. The Labute approximate surface area is 129 Å². The van der Waals surface area contributed by atoms with Gasteiger partial charge in [-0.05, 0) is 31.7 Å². The molecule has 0 amide bonds. The molecule has 21 heavy (non-hydrogen) atoms. The number of methoxy groups -OCH3 is 1. The average molecular weight is 293 g/mol. The maximum Gasteiger partial charge on any atom is 0.161 e. The van der Waals surface area contributed by atoms with Crippen molar-refractivity contribution in [3.05, 3.63) is 11.9 Å². The second kappa shape index (κ2) is 8.42. The number of nitrogens with one attached hydrogen (secondary N) is 1. The Morgan fingerprint density at radius 2 is 2.10 bits per heavy atom. The lowest BCUT2D eigenvalue weighted by atomic mass is 9.96. The monoisotopic (exact) mass is 293 g/mol. The molecule has 4 nitrogen and oxygen atoms in total. The Morgan fingerprint density at radius 3 is 2.71 bits per heavy atom. The first-order valence-corrected chi connectivity index (χ1v) is 8.63. The minimum atomic E-state index is 0.372. The smallest absolute Gasteiger partial charge is 0.161 e. The summed E-state index contributed by atoms with van der Waals surface area (Å²) in [6, 6.07) is 0.372. The molecule has 1 aromatic heterocycles. The lowest BCUT2D eigenvalue weighted by Gasteiger charge is -2.24. The molecular formula is C17H31N3O. The van der Waals surface area contributed by atoms with Crippen LogP contribution in [0.25, 0.3) is 0 Å². The van der Waals surface area contributed by atoms with Gasteiger partial charge in [0.25, 0.3) is 0 Å². The SMILES string of the molecule is CCCNC(CC1CCCC1)c1c(OC)cnn1CCC. The summed E-state index contributed by atoms with van der Waals surface area (Å²) in [7, 11) is 1.75. The quantitative estimate of drug-likeness (QED) is 0.750. The summed E-state index contributed by atoms with van der Waals surface area (Å²) in [6.45, 7) is 6.44. The lowest BCUT2D eigenvalue weighted by Crippen LogP contribution is -2.27. The van der Waals surface area contributed by atoms with E-state index in [0.717, 1.165) is 37.6 Å². The van der Waals surface area contributed by atoms with E-state index in [1.165, 1.54) is 37.8 Å². The van der Waals surface area contributed by atoms with Crippen LogP contribution in [0.3, 0.4) is 0 Å². The van der Waals surface area contributed by atoms with Gasteiger partial charge in [0.2, 0.25) is 0 Å². The Hall–Kier alpha value is -1.03. The molecule has 0 saturated heterocycles. The van der Waals surface area contributed by atoms with E-state index in [9.17, 15) is 0 Å². The zero-order valence-electron chi connectivity index (χ0n) is 13.9. The molecule has 1 atom stereocenters. The van der Waals surface area contributed by atoms with Crippen molar-refractivity contribution in [3.8, 4) is 5.75 Å². The summed E-state index contributed by atoms with van der Waals surface area (Å²) >= 11 is 0. The van der Waals surface area contributed by atoms with Crippen LogP contribution in [0.1, 0.15) is 70.5 Å². The molecule has 0 radical (unpaired) electrons. The van der Waals surface area contributed by atoms with Crippen molar-refractivity contribution >= 4 is 0 Å². The maximum atomic E-state index is 5.57. The minimum Gasteiger partial charge on any atom is -0.493 e. The van der Waals surface area contributed by atoms with Crippen LogP contribution in [0.4, 0.5) is 0 Å². The summed E-state index contributed by atoms with van der Waals surface area (Å²) in [5.74, 6) is 1.80. The summed E-state index contributed by atoms with van der Waals surface area (Å²) in [4.78, 5) is 0. The second-order valence-electron chi connectivity index (χ2n) is 6.21. The van der Waals surface area contributed by atoms with Gasteiger partial charge in [-0.15, -0.1) is 0 Å². The van der Waals surface area contributed by atoms with Crippen LogP contribution in [0.5, 0.6) is 5.75 Å². The van der Waals surface area contributed by atoms with Crippen molar-refractivity contribution in [2.45, 2.75) is 71.4 Å². The largest absolute Gasteiger partial charge is 0.493 e. The molecule has 1 aromatic rings. The van der Waals surface area contributed by atoms with Crippen molar-refractivity contribution in [2.24, 2.45) is 5.92 Å². The van der Waals surface area contributed by atoms with Crippen molar-refractivity contribution in [1.29, 1.82) is 0 Å². The molecular weight excluding hydrogens is 262 g/mol. The van der Waals surface area contributed by atoms with Gasteiger partial charge >= 0.3 is 0 Å². The van der Waals surface area contributed by atoms with Crippen LogP contribution < -0.4 is 10.1 Å². The molecule has 4 heteroatoms. The first-order chi connectivity index (χ1) is 10.3. The highest BCUT2D eigenvalue weighted by Crippen LogP contribution is 2.36. The van der Waals surface area contributed by atoms with Crippen LogP contribution in [0, 0.1) is 5.92 Å². The molecule has 1 unspecified atom stereocenters. The van der Waals surface area contributed by atoms with E-state index >= 15 is 0 Å². The zero-order valence-corrected chi connectivity index (χ0v) is 13.9. The molecule has 1 fully saturated rings. The lowest BCUT2D eigenvalue weighted by molar-refractivity contribution is 0.350. The van der Waals surface area contributed by atoms with Crippen LogP contribution in [0.2, 0.25) is 0 Å². The summed E-state index contributed by atoms with van der Waals surface area (Å²) < 4.78 is 7.71. The van der Waals surface area contributed by atoms with E-state index in [4.69, 9.17) is 4.74 Å². The van der Waals surface area contributed by atoms with Gasteiger partial charge in [-0.1, -0.05) is 39.5 Å². The van der Waals surface area contributed by atoms with Gasteiger partial charge < -0.3 is 10.1 Å². The van der Waals surface area contributed by atoms with Crippen molar-refractivity contribution < 1.29 is 4.74 Å². The fourth-order valence-electron chi connectivity index (χ4n) is 3.47. The van der Waals surface area contributed by atoms with Gasteiger partial charge in [-0.3, -0.25) is 4.68 Å². The molecule has 120 valence electrons. The fourth-order valence-corrected chi connectivity index (χ4v) is 3.47. The third-order valence-corrected chi connectivity index (χ3v) is 4.51. The highest BCUT2D eigenvalue weighted by Gasteiger charge is 2.26. The molecule has 1 N–H and O–H groups in total. The fraction of sp³-hybridized carbons (Fsp3) is 0.824. The second-order valence-corrected chi connectivity index (χ2v) is 6.21. The highest BCUT2D eigenvalue weighted by molar-refractivity contribution is 5.28. The zero-order chi connectivity index (χ0) is 15.1. The molecule has 1 aliphatic rings. The first-order valence-electron chi connectivity index (χ1n) is 8.63. The van der Waals surface area contributed by atoms with Gasteiger partial charge in [-0.2, -0.15) is 5.10 Å². The molecule has 0 aliphatic heterocycles. The standard InChI is InChI=1S/C17H31N3O/c1-4-10-18-15(12-14-8-6-7-9-14)17-16(21-3)13-19-20(17)11-5-2/h13-15,18H,4-12H2,1-3H3. The van der Waals surface area contributed by atoms with Crippen molar-refractivity contribution in [2.75, 3.05) is 13.7 Å². The third kappa shape index (κ3) is 4.22.